The molecule has 0 radical (unpaired) electrons. The number of nitrogens with two attached hydrogens (primary N) is 1. The second-order valence-corrected chi connectivity index (χ2v) is 5.68. The molecular formula is C16H24N2O. The fourth-order valence-corrected chi connectivity index (χ4v) is 3.41. The lowest BCUT2D eigenvalue weighted by atomic mass is 9.92. The highest BCUT2D eigenvalue weighted by molar-refractivity contribution is 5.32. The SMILES string of the molecule is NCC1c2ccccc2CCN1CC1CCCCO1. The van der Waals surface area contributed by atoms with Crippen LogP contribution in [0, 0.1) is 0 Å². The number of benzene rings is 1. The molecule has 1 fully saturated rings. The molecule has 2 aliphatic heterocycles. The van der Waals surface area contributed by atoms with Crippen molar-refractivity contribution in [3.05, 3.63) is 35.4 Å². The third-order valence-electron chi connectivity index (χ3n) is 4.46. The molecule has 3 rings (SSSR count). The van der Waals surface area contributed by atoms with Gasteiger partial charge in [-0.1, -0.05) is 24.3 Å². The van der Waals surface area contributed by atoms with Gasteiger partial charge >= 0.3 is 0 Å². The third-order valence-corrected chi connectivity index (χ3v) is 4.46. The number of rotatable bonds is 3. The minimum absolute atomic E-state index is 0.371. The molecule has 0 spiro atoms. The highest BCUT2D eigenvalue weighted by Gasteiger charge is 2.28. The molecule has 1 aromatic rings. The summed E-state index contributed by atoms with van der Waals surface area (Å²) in [6.45, 7) is 3.78. The molecule has 2 heterocycles. The molecule has 0 amide bonds. The van der Waals surface area contributed by atoms with E-state index < -0.39 is 0 Å². The summed E-state index contributed by atoms with van der Waals surface area (Å²) in [5, 5.41) is 0. The summed E-state index contributed by atoms with van der Waals surface area (Å²) in [6.07, 6.45) is 5.28. The predicted octanol–water partition coefficient (Wildman–Crippen LogP) is 2.11. The molecule has 1 saturated heterocycles. The van der Waals surface area contributed by atoms with Gasteiger partial charge in [-0.3, -0.25) is 4.90 Å². The van der Waals surface area contributed by atoms with Crippen LogP contribution in [0.2, 0.25) is 0 Å². The Morgan fingerprint density at radius 2 is 2.16 bits per heavy atom. The second kappa shape index (κ2) is 6.04. The van der Waals surface area contributed by atoms with Crippen molar-refractivity contribution in [2.24, 2.45) is 5.73 Å². The van der Waals surface area contributed by atoms with E-state index in [-0.39, 0.29) is 0 Å². The summed E-state index contributed by atoms with van der Waals surface area (Å²) in [4.78, 5) is 2.53. The van der Waals surface area contributed by atoms with Crippen LogP contribution in [-0.4, -0.2) is 37.2 Å². The maximum atomic E-state index is 6.03. The molecule has 2 aliphatic rings. The minimum Gasteiger partial charge on any atom is -0.377 e. The molecule has 3 heteroatoms. The van der Waals surface area contributed by atoms with Gasteiger partial charge in [-0.2, -0.15) is 0 Å². The smallest absolute Gasteiger partial charge is 0.0702 e. The number of hydrogen-bond acceptors (Lipinski definition) is 3. The topological polar surface area (TPSA) is 38.5 Å². The van der Waals surface area contributed by atoms with E-state index in [0.29, 0.717) is 18.7 Å². The first kappa shape index (κ1) is 13.1. The van der Waals surface area contributed by atoms with E-state index in [1.54, 1.807) is 0 Å². The van der Waals surface area contributed by atoms with E-state index in [1.807, 2.05) is 0 Å². The summed E-state index contributed by atoms with van der Waals surface area (Å²) in [6, 6.07) is 9.11. The first-order valence-corrected chi connectivity index (χ1v) is 7.52. The van der Waals surface area contributed by atoms with Crippen LogP contribution in [0.5, 0.6) is 0 Å². The van der Waals surface area contributed by atoms with Crippen LogP contribution in [0.15, 0.2) is 24.3 Å². The van der Waals surface area contributed by atoms with Gasteiger partial charge in [0.25, 0.3) is 0 Å². The van der Waals surface area contributed by atoms with E-state index in [2.05, 4.69) is 29.2 Å². The molecule has 0 bridgehead atoms. The average molecular weight is 260 g/mol. The Hall–Kier alpha value is -0.900. The van der Waals surface area contributed by atoms with Crippen LogP contribution in [0.3, 0.4) is 0 Å². The highest BCUT2D eigenvalue weighted by atomic mass is 16.5. The van der Waals surface area contributed by atoms with Crippen molar-refractivity contribution in [3.8, 4) is 0 Å². The van der Waals surface area contributed by atoms with Gasteiger partial charge in [-0.15, -0.1) is 0 Å². The Balaban J connectivity index is 1.72. The average Bonchev–Trinajstić information content (AvgIpc) is 2.48. The Morgan fingerprint density at radius 3 is 2.95 bits per heavy atom. The van der Waals surface area contributed by atoms with Gasteiger partial charge < -0.3 is 10.5 Å². The van der Waals surface area contributed by atoms with Gasteiger partial charge in [0, 0.05) is 32.3 Å². The lowest BCUT2D eigenvalue weighted by Gasteiger charge is -2.39. The summed E-state index contributed by atoms with van der Waals surface area (Å²) in [5.74, 6) is 0. The van der Waals surface area contributed by atoms with Crippen LogP contribution in [0.4, 0.5) is 0 Å². The van der Waals surface area contributed by atoms with E-state index in [9.17, 15) is 0 Å². The van der Waals surface area contributed by atoms with Gasteiger partial charge in [0.1, 0.15) is 0 Å². The summed E-state index contributed by atoms with van der Waals surface area (Å²) >= 11 is 0. The number of hydrogen-bond donors (Lipinski definition) is 1. The number of ether oxygens (including phenoxy) is 1. The van der Waals surface area contributed by atoms with E-state index in [1.165, 1.54) is 30.4 Å². The van der Waals surface area contributed by atoms with Crippen molar-refractivity contribution >= 4 is 0 Å². The molecule has 104 valence electrons. The standard InChI is InChI=1S/C16H24N2O/c17-11-16-15-7-2-1-5-13(15)8-9-18(16)12-14-6-3-4-10-19-14/h1-2,5,7,14,16H,3-4,6,8-12,17H2. The first-order valence-electron chi connectivity index (χ1n) is 7.52. The third kappa shape index (κ3) is 2.83. The van der Waals surface area contributed by atoms with Crippen molar-refractivity contribution in [1.29, 1.82) is 0 Å². The highest BCUT2D eigenvalue weighted by Crippen LogP contribution is 2.29. The first-order chi connectivity index (χ1) is 9.38. The normalized spacial score (nSPS) is 28.1. The van der Waals surface area contributed by atoms with Crippen LogP contribution < -0.4 is 5.73 Å². The molecule has 0 aliphatic carbocycles. The maximum Gasteiger partial charge on any atom is 0.0702 e. The number of nitrogens with zero attached hydrogens (tertiary/aromatic N) is 1. The zero-order valence-electron chi connectivity index (χ0n) is 11.6. The zero-order chi connectivity index (χ0) is 13.1. The molecule has 3 nitrogen and oxygen atoms in total. The largest absolute Gasteiger partial charge is 0.377 e. The van der Waals surface area contributed by atoms with E-state index in [4.69, 9.17) is 10.5 Å². The molecular weight excluding hydrogens is 236 g/mol. The molecule has 0 saturated carbocycles. The maximum absolute atomic E-state index is 6.03. The van der Waals surface area contributed by atoms with Gasteiger partial charge in [-0.25, -0.2) is 0 Å². The van der Waals surface area contributed by atoms with Gasteiger partial charge in [0.05, 0.1) is 6.10 Å². The fourth-order valence-electron chi connectivity index (χ4n) is 3.41. The summed E-state index contributed by atoms with van der Waals surface area (Å²) < 4.78 is 5.88. The fraction of sp³-hybridized carbons (Fsp3) is 0.625. The molecule has 2 N–H and O–H groups in total. The zero-order valence-corrected chi connectivity index (χ0v) is 11.6. The Kier molecular flexibility index (Phi) is 4.16. The van der Waals surface area contributed by atoms with Crippen LogP contribution in [0.25, 0.3) is 0 Å². The van der Waals surface area contributed by atoms with Crippen molar-refractivity contribution in [3.63, 3.8) is 0 Å². The minimum atomic E-state index is 0.371. The molecule has 2 atom stereocenters. The Morgan fingerprint density at radius 1 is 1.26 bits per heavy atom. The van der Waals surface area contributed by atoms with Gasteiger partial charge in [0.2, 0.25) is 0 Å². The van der Waals surface area contributed by atoms with Crippen LogP contribution >= 0.6 is 0 Å². The molecule has 19 heavy (non-hydrogen) atoms. The second-order valence-electron chi connectivity index (χ2n) is 5.68. The van der Waals surface area contributed by atoms with Crippen LogP contribution in [0.1, 0.15) is 36.4 Å². The quantitative estimate of drug-likeness (QED) is 0.904. The van der Waals surface area contributed by atoms with E-state index >= 15 is 0 Å². The van der Waals surface area contributed by atoms with Crippen molar-refractivity contribution in [2.75, 3.05) is 26.2 Å². The lowest BCUT2D eigenvalue weighted by Crippen LogP contribution is -2.44. The summed E-state index contributed by atoms with van der Waals surface area (Å²) in [7, 11) is 0. The van der Waals surface area contributed by atoms with Gasteiger partial charge in [-0.05, 0) is 36.8 Å². The van der Waals surface area contributed by atoms with Crippen molar-refractivity contribution in [2.45, 2.75) is 37.8 Å². The molecule has 0 aromatic heterocycles. The van der Waals surface area contributed by atoms with Crippen molar-refractivity contribution < 1.29 is 4.74 Å². The lowest BCUT2D eigenvalue weighted by molar-refractivity contribution is -0.0148. The number of fused-ring (bicyclic) bond motifs is 1. The van der Waals surface area contributed by atoms with E-state index in [0.717, 1.165) is 26.1 Å². The molecule has 1 aromatic carbocycles. The van der Waals surface area contributed by atoms with Gasteiger partial charge in [0.15, 0.2) is 0 Å². The Labute approximate surface area is 115 Å². The molecule has 2 unspecified atom stereocenters. The van der Waals surface area contributed by atoms with Crippen LogP contribution in [-0.2, 0) is 11.2 Å². The summed E-state index contributed by atoms with van der Waals surface area (Å²) in [5.41, 5.74) is 8.93. The monoisotopic (exact) mass is 260 g/mol. The predicted molar refractivity (Wildman–Crippen MR) is 77.1 cm³/mol. The van der Waals surface area contributed by atoms with Crippen molar-refractivity contribution in [1.82, 2.24) is 4.90 Å². The Bertz CT molecular complexity index is 415.